The lowest BCUT2D eigenvalue weighted by Gasteiger charge is -1.93. The zero-order chi connectivity index (χ0) is 17.3. The van der Waals surface area contributed by atoms with Crippen LogP contribution in [0.2, 0.25) is 0 Å². The van der Waals surface area contributed by atoms with E-state index in [9.17, 15) is 0 Å². The maximum absolute atomic E-state index is 5.84. The fourth-order valence-corrected chi connectivity index (χ4v) is 2.72. The Hall–Kier alpha value is -3.80. The summed E-state index contributed by atoms with van der Waals surface area (Å²) in [5.41, 5.74) is 4.04. The van der Waals surface area contributed by atoms with Gasteiger partial charge in [0.25, 0.3) is 5.89 Å². The number of rotatable bonds is 3. The second-order valence-corrected chi connectivity index (χ2v) is 5.73. The summed E-state index contributed by atoms with van der Waals surface area (Å²) < 4.78 is 11.2. The first-order valence-corrected chi connectivity index (χ1v) is 8.07. The minimum absolute atomic E-state index is 0.452. The molecule has 26 heavy (non-hydrogen) atoms. The van der Waals surface area contributed by atoms with Crippen molar-refractivity contribution in [2.24, 2.45) is 0 Å². The molecule has 0 aliphatic rings. The van der Waals surface area contributed by atoms with Gasteiger partial charge in [0, 0.05) is 29.1 Å². The van der Waals surface area contributed by atoms with E-state index in [0.717, 1.165) is 22.2 Å². The number of aromatic nitrogens is 4. The Balaban J connectivity index is 1.53. The van der Waals surface area contributed by atoms with E-state index in [4.69, 9.17) is 8.94 Å². The molecule has 0 saturated carbocycles. The Bertz CT molecular complexity index is 1180. The minimum atomic E-state index is 0.452. The molecule has 6 heteroatoms. The van der Waals surface area contributed by atoms with Crippen LogP contribution in [-0.4, -0.2) is 20.1 Å². The summed E-state index contributed by atoms with van der Waals surface area (Å²) in [6.07, 6.45) is 3.37. The van der Waals surface area contributed by atoms with Crippen molar-refractivity contribution in [3.63, 3.8) is 0 Å². The van der Waals surface area contributed by atoms with Gasteiger partial charge >= 0.3 is 0 Å². The van der Waals surface area contributed by atoms with Crippen molar-refractivity contribution in [2.45, 2.75) is 0 Å². The fraction of sp³-hybridized carbons (Fsp3) is 0. The van der Waals surface area contributed by atoms with Gasteiger partial charge in [-0.05, 0) is 42.5 Å². The second-order valence-electron chi connectivity index (χ2n) is 5.73. The average molecular weight is 340 g/mol. The molecule has 5 rings (SSSR count). The molecule has 0 fully saturated rings. The van der Waals surface area contributed by atoms with Crippen LogP contribution in [0.1, 0.15) is 0 Å². The van der Waals surface area contributed by atoms with E-state index in [1.807, 2.05) is 60.7 Å². The molecule has 0 aliphatic heterocycles. The Morgan fingerprint density at radius 1 is 0.692 bits per heavy atom. The lowest BCUT2D eigenvalue weighted by atomic mass is 10.2. The van der Waals surface area contributed by atoms with Crippen LogP contribution in [0, 0.1) is 0 Å². The highest BCUT2D eigenvalue weighted by Gasteiger charge is 2.13. The van der Waals surface area contributed by atoms with E-state index in [2.05, 4.69) is 20.1 Å². The number of hydrogen-bond donors (Lipinski definition) is 0. The minimum Gasteiger partial charge on any atom is -0.436 e. The highest BCUT2D eigenvalue weighted by atomic mass is 16.5. The maximum atomic E-state index is 5.84. The van der Waals surface area contributed by atoms with Gasteiger partial charge in [-0.2, -0.15) is 4.98 Å². The molecule has 0 bridgehead atoms. The van der Waals surface area contributed by atoms with Crippen molar-refractivity contribution in [1.29, 1.82) is 0 Å². The third-order valence-electron chi connectivity index (χ3n) is 4.02. The molecule has 2 aromatic carbocycles. The zero-order valence-electron chi connectivity index (χ0n) is 13.5. The first-order chi connectivity index (χ1) is 12.9. The van der Waals surface area contributed by atoms with Crippen LogP contribution in [0.15, 0.2) is 82.0 Å². The average Bonchev–Trinajstić information content (AvgIpc) is 3.36. The van der Waals surface area contributed by atoms with Crippen molar-refractivity contribution in [2.75, 3.05) is 0 Å². The van der Waals surface area contributed by atoms with Gasteiger partial charge in [-0.15, -0.1) is 0 Å². The molecule has 0 unspecified atom stereocenters. The number of benzene rings is 2. The van der Waals surface area contributed by atoms with Crippen molar-refractivity contribution in [3.05, 3.63) is 73.1 Å². The summed E-state index contributed by atoms with van der Waals surface area (Å²) in [6, 6.07) is 19.1. The van der Waals surface area contributed by atoms with Crippen molar-refractivity contribution < 1.29 is 8.94 Å². The number of hydrogen-bond acceptors (Lipinski definition) is 6. The Kier molecular flexibility index (Phi) is 3.31. The maximum Gasteiger partial charge on any atom is 0.258 e. The zero-order valence-corrected chi connectivity index (χ0v) is 13.5. The first kappa shape index (κ1) is 14.5. The van der Waals surface area contributed by atoms with Crippen LogP contribution in [0.25, 0.3) is 45.4 Å². The largest absolute Gasteiger partial charge is 0.436 e. The van der Waals surface area contributed by atoms with Gasteiger partial charge in [-0.3, -0.25) is 4.98 Å². The monoisotopic (exact) mass is 340 g/mol. The number of fused-ring (bicyclic) bond motifs is 1. The molecule has 3 heterocycles. The highest BCUT2D eigenvalue weighted by Crippen LogP contribution is 2.28. The fourth-order valence-electron chi connectivity index (χ4n) is 2.72. The summed E-state index contributed by atoms with van der Waals surface area (Å²) in [4.78, 5) is 13.0. The van der Waals surface area contributed by atoms with Gasteiger partial charge in [0.15, 0.2) is 5.58 Å². The summed E-state index contributed by atoms with van der Waals surface area (Å²) >= 11 is 0. The van der Waals surface area contributed by atoms with Crippen LogP contribution >= 0.6 is 0 Å². The van der Waals surface area contributed by atoms with E-state index in [1.165, 1.54) is 0 Å². The summed E-state index contributed by atoms with van der Waals surface area (Å²) in [5.74, 6) is 1.54. The summed E-state index contributed by atoms with van der Waals surface area (Å²) in [5, 5.41) is 4.07. The summed E-state index contributed by atoms with van der Waals surface area (Å²) in [7, 11) is 0. The predicted octanol–water partition coefficient (Wildman–Crippen LogP) is 4.61. The van der Waals surface area contributed by atoms with Crippen LogP contribution in [0.3, 0.4) is 0 Å². The smallest absolute Gasteiger partial charge is 0.258 e. The normalized spacial score (nSPS) is 11.1. The molecule has 0 amide bonds. The van der Waals surface area contributed by atoms with Crippen LogP contribution in [0.5, 0.6) is 0 Å². The van der Waals surface area contributed by atoms with Gasteiger partial charge in [-0.1, -0.05) is 23.4 Å². The molecule has 0 atom stereocenters. The molecule has 3 aromatic heterocycles. The van der Waals surface area contributed by atoms with Crippen LogP contribution in [-0.2, 0) is 0 Å². The van der Waals surface area contributed by atoms with Gasteiger partial charge in [0.05, 0.1) is 0 Å². The molecule has 0 N–H and O–H groups in total. The van der Waals surface area contributed by atoms with Crippen molar-refractivity contribution in [1.82, 2.24) is 20.1 Å². The molecule has 0 saturated heterocycles. The van der Waals surface area contributed by atoms with Gasteiger partial charge in [0.1, 0.15) is 5.52 Å². The second kappa shape index (κ2) is 5.93. The molecular weight excluding hydrogens is 328 g/mol. The lowest BCUT2D eigenvalue weighted by molar-refractivity contribution is 0.432. The third-order valence-corrected chi connectivity index (χ3v) is 4.02. The Morgan fingerprint density at radius 2 is 1.50 bits per heavy atom. The quantitative estimate of drug-likeness (QED) is 0.477. The first-order valence-electron chi connectivity index (χ1n) is 8.07. The lowest BCUT2D eigenvalue weighted by Crippen LogP contribution is -1.82. The molecule has 6 nitrogen and oxygen atoms in total. The number of nitrogens with zero attached hydrogens (tertiary/aromatic N) is 4. The third kappa shape index (κ3) is 2.53. The molecule has 0 radical (unpaired) electrons. The van der Waals surface area contributed by atoms with E-state index >= 15 is 0 Å². The Morgan fingerprint density at radius 3 is 2.35 bits per heavy atom. The van der Waals surface area contributed by atoms with Gasteiger partial charge < -0.3 is 8.94 Å². The van der Waals surface area contributed by atoms with Crippen molar-refractivity contribution >= 4 is 11.1 Å². The molecule has 0 aliphatic carbocycles. The predicted molar refractivity (Wildman–Crippen MR) is 96.0 cm³/mol. The molecule has 124 valence electrons. The van der Waals surface area contributed by atoms with E-state index in [1.54, 1.807) is 12.4 Å². The Labute approximate surface area is 148 Å². The van der Waals surface area contributed by atoms with Crippen LogP contribution in [0.4, 0.5) is 0 Å². The van der Waals surface area contributed by atoms with Gasteiger partial charge in [0.2, 0.25) is 11.7 Å². The topological polar surface area (TPSA) is 77.8 Å². The van der Waals surface area contributed by atoms with Crippen LogP contribution < -0.4 is 0 Å². The summed E-state index contributed by atoms with van der Waals surface area (Å²) in [6.45, 7) is 0. The van der Waals surface area contributed by atoms with Gasteiger partial charge in [-0.25, -0.2) is 4.98 Å². The van der Waals surface area contributed by atoms with E-state index in [0.29, 0.717) is 23.2 Å². The number of pyridine rings is 1. The molecule has 5 aromatic rings. The van der Waals surface area contributed by atoms with Crippen molar-refractivity contribution in [3.8, 4) is 34.3 Å². The SMILES string of the molecule is c1ccc(-c2nc3cc(-c4noc(-c5ccncc5)n4)ccc3o2)cc1. The standard InChI is InChI=1S/C20H12N4O2/c1-2-4-13(5-3-1)19-22-16-12-15(6-7-17(16)25-19)18-23-20(26-24-18)14-8-10-21-11-9-14/h1-12H. The van der Waals surface area contributed by atoms with E-state index in [-0.39, 0.29) is 0 Å². The molecule has 0 spiro atoms. The highest BCUT2D eigenvalue weighted by molar-refractivity contribution is 5.81. The number of oxazole rings is 1. The molecular formula is C20H12N4O2. The van der Waals surface area contributed by atoms with E-state index < -0.39 is 0 Å².